The Labute approximate surface area is 325 Å². The van der Waals surface area contributed by atoms with Crippen molar-refractivity contribution in [2.24, 2.45) is 0 Å². The second kappa shape index (κ2) is 15.7. The van der Waals surface area contributed by atoms with Gasteiger partial charge in [0.1, 0.15) is 11.9 Å². The van der Waals surface area contributed by atoms with E-state index >= 15 is 0 Å². The van der Waals surface area contributed by atoms with Gasteiger partial charge in [-0.15, -0.1) is 0 Å². The summed E-state index contributed by atoms with van der Waals surface area (Å²) in [5.41, 5.74) is 5.64. The van der Waals surface area contributed by atoms with E-state index in [4.69, 9.17) is 16.6 Å². The number of aromatic nitrogens is 2. The van der Waals surface area contributed by atoms with Gasteiger partial charge < -0.3 is 15.1 Å². The molecule has 3 fully saturated rings. The van der Waals surface area contributed by atoms with Gasteiger partial charge in [-0.1, -0.05) is 74.0 Å². The van der Waals surface area contributed by atoms with Crippen LogP contribution < -0.4 is 10.9 Å². The minimum atomic E-state index is -0.378. The van der Waals surface area contributed by atoms with Gasteiger partial charge in [-0.2, -0.15) is 4.98 Å². The number of carbonyl (C=O) groups excluding carboxylic acids is 2. The van der Waals surface area contributed by atoms with Crippen molar-refractivity contribution in [1.82, 2.24) is 24.7 Å². The molecule has 8 nitrogen and oxygen atoms in total. The summed E-state index contributed by atoms with van der Waals surface area (Å²) in [5, 5.41) is 4.60. The lowest BCUT2D eigenvalue weighted by atomic mass is 9.69. The predicted molar refractivity (Wildman–Crippen MR) is 214 cm³/mol. The minimum absolute atomic E-state index is 0.0632. The third-order valence-corrected chi connectivity index (χ3v) is 13.5. The molecule has 0 radical (unpaired) electrons. The highest BCUT2D eigenvalue weighted by Gasteiger charge is 2.46. The molecule has 2 unspecified atom stereocenters. The highest BCUT2D eigenvalue weighted by Crippen LogP contribution is 2.52. The van der Waals surface area contributed by atoms with Gasteiger partial charge in [0.2, 0.25) is 12.3 Å². The van der Waals surface area contributed by atoms with Crippen LogP contribution in [0.1, 0.15) is 118 Å². The first-order valence-corrected chi connectivity index (χ1v) is 20.9. The maximum absolute atomic E-state index is 13.4. The smallest absolute Gasteiger partial charge is 0.281 e. The molecule has 53 heavy (non-hydrogen) atoms. The van der Waals surface area contributed by atoms with Gasteiger partial charge in [-0.3, -0.25) is 19.0 Å². The van der Waals surface area contributed by atoms with E-state index in [1.807, 2.05) is 36.4 Å². The summed E-state index contributed by atoms with van der Waals surface area (Å²) in [6, 6.07) is 20.5. The van der Waals surface area contributed by atoms with Gasteiger partial charge in [0, 0.05) is 16.0 Å². The molecular weight excluding hydrogens is 750 g/mol. The van der Waals surface area contributed by atoms with Gasteiger partial charge in [0.05, 0.1) is 28.0 Å². The van der Waals surface area contributed by atoms with Gasteiger partial charge in [0.15, 0.2) is 0 Å². The highest BCUT2D eigenvalue weighted by atomic mass is 79.9. The van der Waals surface area contributed by atoms with Crippen LogP contribution in [0.3, 0.4) is 0 Å². The Morgan fingerprint density at radius 3 is 2.53 bits per heavy atom. The fraction of sp³-hybridized carbons (Fsp3) is 0.488. The van der Waals surface area contributed by atoms with E-state index in [2.05, 4.69) is 55.0 Å². The van der Waals surface area contributed by atoms with E-state index in [1.165, 1.54) is 23.2 Å². The molecule has 2 saturated heterocycles. The number of amides is 2. The van der Waals surface area contributed by atoms with Crippen molar-refractivity contribution < 1.29 is 9.59 Å². The van der Waals surface area contributed by atoms with Crippen LogP contribution in [0.15, 0.2) is 69.9 Å². The van der Waals surface area contributed by atoms with E-state index in [0.717, 1.165) is 118 Å². The number of rotatable bonds is 11. The molecule has 278 valence electrons. The first-order chi connectivity index (χ1) is 25.9. The Bertz CT molecular complexity index is 2040. The number of carbonyl (C=O) groups is 2. The van der Waals surface area contributed by atoms with Gasteiger partial charge >= 0.3 is 0 Å². The van der Waals surface area contributed by atoms with Gasteiger partial charge in [-0.05, 0) is 140 Å². The van der Waals surface area contributed by atoms with E-state index < -0.39 is 0 Å². The molecule has 2 amide bonds. The number of hydrogen-bond donors (Lipinski definition) is 1. The number of likely N-dealkylation sites (tertiary alicyclic amines) is 2. The van der Waals surface area contributed by atoms with Crippen molar-refractivity contribution in [2.75, 3.05) is 26.2 Å². The SMILES string of the molecule is O=CN1CCCC1C(=O)NC(CCCCCN1CCC(c2ccc3c(c2)-n2c(nc(=O)c4c(Br)cccc42)C32CCCCC2)CC1)c1ccc(Cl)cc1. The fourth-order valence-corrected chi connectivity index (χ4v) is 10.4. The number of hydrogen-bond acceptors (Lipinski definition) is 5. The second-order valence-corrected chi connectivity index (χ2v) is 17.0. The molecule has 10 heteroatoms. The summed E-state index contributed by atoms with van der Waals surface area (Å²) in [6.45, 7) is 3.90. The number of benzene rings is 3. The van der Waals surface area contributed by atoms with E-state index in [0.29, 0.717) is 29.3 Å². The Hall–Kier alpha value is -3.53. The first kappa shape index (κ1) is 36.4. The van der Waals surface area contributed by atoms with Crippen LogP contribution in [0.2, 0.25) is 5.02 Å². The molecular formula is C43H49BrClN5O3. The summed E-state index contributed by atoms with van der Waals surface area (Å²) < 4.78 is 3.12. The van der Waals surface area contributed by atoms with Crippen LogP contribution in [0, 0.1) is 0 Å². The normalized spacial score (nSPS) is 20.4. The lowest BCUT2D eigenvalue weighted by Gasteiger charge is -2.34. The van der Waals surface area contributed by atoms with Crippen molar-refractivity contribution in [3.63, 3.8) is 0 Å². The Kier molecular flexibility index (Phi) is 10.8. The number of nitrogens with zero attached hydrogens (tertiary/aromatic N) is 4. The molecule has 2 atom stereocenters. The van der Waals surface area contributed by atoms with Crippen molar-refractivity contribution in [3.05, 3.63) is 103 Å². The Balaban J connectivity index is 0.892. The van der Waals surface area contributed by atoms with Gasteiger partial charge in [-0.25, -0.2) is 0 Å². The molecule has 1 N–H and O–H groups in total. The summed E-state index contributed by atoms with van der Waals surface area (Å²) in [4.78, 5) is 47.1. The minimum Gasteiger partial charge on any atom is -0.348 e. The van der Waals surface area contributed by atoms with Crippen molar-refractivity contribution in [1.29, 1.82) is 0 Å². The van der Waals surface area contributed by atoms with Crippen molar-refractivity contribution in [3.8, 4) is 5.69 Å². The zero-order chi connectivity index (χ0) is 36.5. The van der Waals surface area contributed by atoms with Crippen molar-refractivity contribution >= 4 is 50.8 Å². The number of nitrogens with one attached hydrogen (secondary N) is 1. The molecule has 4 aliphatic rings. The second-order valence-electron chi connectivity index (χ2n) is 15.7. The van der Waals surface area contributed by atoms with E-state index in [1.54, 1.807) is 4.90 Å². The quantitative estimate of drug-likeness (QED) is 0.121. The maximum atomic E-state index is 13.4. The lowest BCUT2D eigenvalue weighted by Crippen LogP contribution is -2.44. The molecule has 1 aromatic heterocycles. The summed E-state index contributed by atoms with van der Waals surface area (Å²) >= 11 is 9.82. The maximum Gasteiger partial charge on any atom is 0.281 e. The summed E-state index contributed by atoms with van der Waals surface area (Å²) in [6.07, 6.45) is 14.4. The monoisotopic (exact) mass is 797 g/mol. The fourth-order valence-electron chi connectivity index (χ4n) is 9.79. The molecule has 3 aliphatic heterocycles. The molecule has 4 heterocycles. The third-order valence-electron chi connectivity index (χ3n) is 12.6. The average molecular weight is 799 g/mol. The van der Waals surface area contributed by atoms with Crippen LogP contribution in [-0.2, 0) is 15.0 Å². The third kappa shape index (κ3) is 7.09. The van der Waals surface area contributed by atoms with Crippen LogP contribution >= 0.6 is 27.5 Å². The number of unbranched alkanes of at least 4 members (excludes halogenated alkanes) is 2. The number of halogens is 2. The molecule has 1 aliphatic carbocycles. The van der Waals surface area contributed by atoms with Crippen LogP contribution in [0.4, 0.5) is 0 Å². The lowest BCUT2D eigenvalue weighted by molar-refractivity contribution is -0.131. The van der Waals surface area contributed by atoms with E-state index in [-0.39, 0.29) is 29.0 Å². The molecule has 4 aromatic rings. The van der Waals surface area contributed by atoms with Crippen LogP contribution in [0.5, 0.6) is 0 Å². The summed E-state index contributed by atoms with van der Waals surface area (Å²) in [5.74, 6) is 1.38. The number of piperidine rings is 1. The molecule has 1 saturated carbocycles. The molecule has 1 spiro atoms. The Morgan fingerprint density at radius 1 is 0.962 bits per heavy atom. The molecule has 8 rings (SSSR count). The predicted octanol–water partition coefficient (Wildman–Crippen LogP) is 8.58. The Morgan fingerprint density at radius 2 is 1.75 bits per heavy atom. The van der Waals surface area contributed by atoms with Crippen LogP contribution in [0.25, 0.3) is 16.6 Å². The zero-order valence-corrected chi connectivity index (χ0v) is 32.7. The standard InChI is InChI=1S/C43H49BrClN5O3/c44-34-9-7-11-36-39(34)41(53)47-42-43(21-4-2-5-22-43)33-18-15-31(27-38(33)50(36)42)29-19-25-48(26-20-29)23-6-1-3-10-35(30-13-16-32(45)17-14-30)46-40(52)37-12-8-24-49(37)28-51/h7,9,11,13-18,27-29,35,37H,1-6,8,10,12,19-26H2,(H,46,52). The zero-order valence-electron chi connectivity index (χ0n) is 30.4. The van der Waals surface area contributed by atoms with Crippen LogP contribution in [-0.4, -0.2) is 63.9 Å². The van der Waals surface area contributed by atoms with Crippen molar-refractivity contribution in [2.45, 2.75) is 107 Å². The average Bonchev–Trinajstić information content (AvgIpc) is 3.76. The van der Waals surface area contributed by atoms with E-state index in [9.17, 15) is 14.4 Å². The largest absolute Gasteiger partial charge is 0.348 e. The summed E-state index contributed by atoms with van der Waals surface area (Å²) in [7, 11) is 0. The molecule has 3 aromatic carbocycles. The topological polar surface area (TPSA) is 87.5 Å². The van der Waals surface area contributed by atoms with Gasteiger partial charge in [0.25, 0.3) is 5.56 Å². The number of fused-ring (bicyclic) bond motifs is 7. The highest BCUT2D eigenvalue weighted by molar-refractivity contribution is 9.10. The first-order valence-electron chi connectivity index (χ1n) is 19.7. The molecule has 0 bridgehead atoms.